The van der Waals surface area contributed by atoms with Crippen molar-refractivity contribution in [1.29, 1.82) is 0 Å². The van der Waals surface area contributed by atoms with Crippen molar-refractivity contribution in [3.63, 3.8) is 0 Å². The second kappa shape index (κ2) is 2.80. The number of hydrogen-bond acceptors (Lipinski definition) is 0. The van der Waals surface area contributed by atoms with Gasteiger partial charge in [-0.3, -0.25) is 0 Å². The van der Waals surface area contributed by atoms with E-state index >= 15 is 0 Å². The molecule has 0 N–H and O–H groups in total. The van der Waals surface area contributed by atoms with Crippen LogP contribution in [0.15, 0.2) is 24.3 Å². The summed E-state index contributed by atoms with van der Waals surface area (Å²) < 4.78 is 0. The normalized spacial score (nSPS) is 10.6. The second-order valence-corrected chi connectivity index (χ2v) is 3.06. The first kappa shape index (κ1) is 7.88. The maximum absolute atomic E-state index is 5.38. The molecule has 0 fully saturated rings. The first-order valence-corrected chi connectivity index (χ1v) is 3.61. The van der Waals surface area contributed by atoms with Crippen molar-refractivity contribution in [2.24, 2.45) is 0 Å². The molecule has 0 amide bonds. The molecule has 11 heavy (non-hydrogen) atoms. The van der Waals surface area contributed by atoms with E-state index in [1.165, 1.54) is 5.56 Å². The van der Waals surface area contributed by atoms with Gasteiger partial charge >= 0.3 is 0 Å². The third-order valence-corrected chi connectivity index (χ3v) is 1.80. The lowest BCUT2D eigenvalue weighted by Crippen LogP contribution is -2.13. The van der Waals surface area contributed by atoms with E-state index < -0.39 is 0 Å². The van der Waals surface area contributed by atoms with E-state index in [9.17, 15) is 0 Å². The second-order valence-electron chi connectivity index (χ2n) is 3.06. The van der Waals surface area contributed by atoms with E-state index in [-0.39, 0.29) is 5.41 Å². The fraction of sp³-hybridized carbons (Fsp3) is 0.273. The Labute approximate surface area is 68.3 Å². The summed E-state index contributed by atoms with van der Waals surface area (Å²) in [6, 6.07) is 10.7. The molecule has 1 radical (unpaired) electrons. The maximum atomic E-state index is 5.38. The highest BCUT2D eigenvalue weighted by Gasteiger charge is 2.15. The van der Waals surface area contributed by atoms with Gasteiger partial charge in [0.2, 0.25) is 0 Å². The summed E-state index contributed by atoms with van der Waals surface area (Å²) in [5.74, 6) is 2.74. The first-order chi connectivity index (χ1) is 5.17. The standard InChI is InChI=1S/C11H11/c1-4-11(2,3)10-8-6-5-7-9-10/h1,6-9H,2-3H3. The summed E-state index contributed by atoms with van der Waals surface area (Å²) in [6.07, 6.45) is 5.38. The van der Waals surface area contributed by atoms with Crippen molar-refractivity contribution in [3.8, 4) is 12.3 Å². The minimum atomic E-state index is -0.158. The highest BCUT2D eigenvalue weighted by atomic mass is 14.2. The fourth-order valence-electron chi connectivity index (χ4n) is 0.887. The Morgan fingerprint density at radius 3 is 2.36 bits per heavy atom. The maximum Gasteiger partial charge on any atom is 0.0504 e. The lowest BCUT2D eigenvalue weighted by atomic mass is 9.86. The largest absolute Gasteiger partial charge is 0.119 e. The zero-order chi connectivity index (χ0) is 8.32. The first-order valence-electron chi connectivity index (χ1n) is 3.61. The van der Waals surface area contributed by atoms with Crippen molar-refractivity contribution < 1.29 is 0 Å². The highest BCUT2D eigenvalue weighted by molar-refractivity contribution is 5.31. The van der Waals surface area contributed by atoms with Gasteiger partial charge in [0, 0.05) is 0 Å². The lowest BCUT2D eigenvalue weighted by Gasteiger charge is -2.16. The van der Waals surface area contributed by atoms with Crippen LogP contribution in [0.2, 0.25) is 0 Å². The molecule has 0 saturated heterocycles. The van der Waals surface area contributed by atoms with Crippen LogP contribution in [0.1, 0.15) is 19.4 Å². The van der Waals surface area contributed by atoms with Gasteiger partial charge in [-0.05, 0) is 25.5 Å². The molecule has 0 nitrogen and oxygen atoms in total. The van der Waals surface area contributed by atoms with Gasteiger partial charge in [0.1, 0.15) is 0 Å². The minimum Gasteiger partial charge on any atom is -0.119 e. The Morgan fingerprint density at radius 2 is 1.91 bits per heavy atom. The SMILES string of the molecule is C#CC(C)(C)c1cc[c]cc1. The van der Waals surface area contributed by atoms with Crippen LogP contribution in [0.25, 0.3) is 0 Å². The number of rotatable bonds is 1. The third kappa shape index (κ3) is 1.62. The predicted molar refractivity (Wildman–Crippen MR) is 47.1 cm³/mol. The van der Waals surface area contributed by atoms with Gasteiger partial charge < -0.3 is 0 Å². The zero-order valence-corrected chi connectivity index (χ0v) is 6.89. The number of benzene rings is 1. The van der Waals surface area contributed by atoms with Crippen molar-refractivity contribution in [1.82, 2.24) is 0 Å². The van der Waals surface area contributed by atoms with Crippen molar-refractivity contribution >= 4 is 0 Å². The average molecular weight is 143 g/mol. The van der Waals surface area contributed by atoms with Crippen LogP contribution >= 0.6 is 0 Å². The Kier molecular flexibility index (Phi) is 2.01. The highest BCUT2D eigenvalue weighted by Crippen LogP contribution is 2.20. The van der Waals surface area contributed by atoms with Gasteiger partial charge in [-0.1, -0.05) is 30.2 Å². The van der Waals surface area contributed by atoms with Crippen LogP contribution in [-0.4, -0.2) is 0 Å². The molecule has 0 heterocycles. The number of terminal acetylenes is 1. The van der Waals surface area contributed by atoms with Gasteiger partial charge in [0.05, 0.1) is 5.41 Å². The van der Waals surface area contributed by atoms with E-state index in [1.807, 2.05) is 38.1 Å². The molecule has 0 unspecified atom stereocenters. The summed E-state index contributed by atoms with van der Waals surface area (Å²) in [5, 5.41) is 0. The van der Waals surface area contributed by atoms with Crippen molar-refractivity contribution in [2.45, 2.75) is 19.3 Å². The average Bonchev–Trinajstić information content (AvgIpc) is 2.06. The molecule has 0 spiro atoms. The lowest BCUT2D eigenvalue weighted by molar-refractivity contribution is 0.699. The van der Waals surface area contributed by atoms with Crippen LogP contribution in [0.4, 0.5) is 0 Å². The minimum absolute atomic E-state index is 0.158. The van der Waals surface area contributed by atoms with Crippen LogP contribution in [-0.2, 0) is 5.41 Å². The topological polar surface area (TPSA) is 0 Å². The van der Waals surface area contributed by atoms with Crippen LogP contribution in [0, 0.1) is 18.4 Å². The molecule has 0 bridgehead atoms. The molecular formula is C11H11. The molecule has 0 saturated carbocycles. The monoisotopic (exact) mass is 143 g/mol. The Bertz CT molecular complexity index is 262. The fourth-order valence-corrected chi connectivity index (χ4v) is 0.887. The van der Waals surface area contributed by atoms with E-state index in [4.69, 9.17) is 6.42 Å². The smallest absolute Gasteiger partial charge is 0.0504 e. The molecule has 55 valence electrons. The predicted octanol–water partition coefficient (Wildman–Crippen LogP) is 2.40. The third-order valence-electron chi connectivity index (χ3n) is 1.80. The van der Waals surface area contributed by atoms with Gasteiger partial charge in [0.25, 0.3) is 0 Å². The summed E-state index contributed by atoms with van der Waals surface area (Å²) in [6.45, 7) is 4.06. The molecule has 0 aliphatic heterocycles. The molecule has 0 heteroatoms. The Morgan fingerprint density at radius 1 is 1.36 bits per heavy atom. The summed E-state index contributed by atoms with van der Waals surface area (Å²) in [5.41, 5.74) is 1.01. The summed E-state index contributed by atoms with van der Waals surface area (Å²) in [4.78, 5) is 0. The molecule has 0 aliphatic carbocycles. The van der Waals surface area contributed by atoms with Crippen molar-refractivity contribution in [3.05, 3.63) is 35.9 Å². The van der Waals surface area contributed by atoms with E-state index in [0.717, 1.165) is 0 Å². The van der Waals surface area contributed by atoms with Crippen LogP contribution < -0.4 is 0 Å². The molecule has 1 aromatic carbocycles. The molecule has 0 aliphatic rings. The van der Waals surface area contributed by atoms with Gasteiger partial charge in [0.15, 0.2) is 0 Å². The molecular weight excluding hydrogens is 132 g/mol. The molecule has 0 aromatic heterocycles. The summed E-state index contributed by atoms with van der Waals surface area (Å²) in [7, 11) is 0. The van der Waals surface area contributed by atoms with E-state index in [2.05, 4.69) is 12.0 Å². The van der Waals surface area contributed by atoms with E-state index in [0.29, 0.717) is 0 Å². The number of hydrogen-bond donors (Lipinski definition) is 0. The van der Waals surface area contributed by atoms with Crippen molar-refractivity contribution in [2.75, 3.05) is 0 Å². The summed E-state index contributed by atoms with van der Waals surface area (Å²) >= 11 is 0. The molecule has 1 aromatic rings. The van der Waals surface area contributed by atoms with Gasteiger partial charge in [-0.25, -0.2) is 0 Å². The van der Waals surface area contributed by atoms with E-state index in [1.54, 1.807) is 0 Å². The van der Waals surface area contributed by atoms with Crippen LogP contribution in [0.5, 0.6) is 0 Å². The van der Waals surface area contributed by atoms with Gasteiger partial charge in [-0.15, -0.1) is 6.42 Å². The Balaban J connectivity index is 3.05. The molecule has 0 atom stereocenters. The van der Waals surface area contributed by atoms with Gasteiger partial charge in [-0.2, -0.15) is 0 Å². The van der Waals surface area contributed by atoms with Crippen LogP contribution in [0.3, 0.4) is 0 Å². The Hall–Kier alpha value is -1.22. The quantitative estimate of drug-likeness (QED) is 0.529. The zero-order valence-electron chi connectivity index (χ0n) is 6.89. The molecule has 1 rings (SSSR count).